The van der Waals surface area contributed by atoms with Crippen LogP contribution < -0.4 is 11.2 Å². The number of pyridine rings is 1. The minimum atomic E-state index is -1.23. The predicted molar refractivity (Wildman–Crippen MR) is 100 cm³/mol. The Kier molecular flexibility index (Phi) is 5.34. The van der Waals surface area contributed by atoms with Gasteiger partial charge in [-0.15, -0.1) is 0 Å². The van der Waals surface area contributed by atoms with Gasteiger partial charge in [-0.1, -0.05) is 0 Å². The standard InChI is InChI=1S/C20H17F3N2O4/c1-3-29-20(28)11-7-25(15-6-14(24)12(21)4-10(15)8-26)16-5-13(22)18(23)9(2)17(16)19(11)27/h4-7,26H,3,8,24H2,1-2H3. The molecule has 0 radical (unpaired) electrons. The monoisotopic (exact) mass is 406 g/mol. The van der Waals surface area contributed by atoms with Crippen LogP contribution in [0.3, 0.4) is 0 Å². The predicted octanol–water partition coefficient (Wildman–Crippen LogP) is 2.97. The largest absolute Gasteiger partial charge is 0.462 e. The Morgan fingerprint density at radius 1 is 1.21 bits per heavy atom. The van der Waals surface area contributed by atoms with Gasteiger partial charge in [-0.25, -0.2) is 18.0 Å². The number of hydrogen-bond donors (Lipinski definition) is 2. The van der Waals surface area contributed by atoms with Crippen LogP contribution in [0, 0.1) is 24.4 Å². The fraction of sp³-hybridized carbons (Fsp3) is 0.200. The maximum absolute atomic E-state index is 14.2. The van der Waals surface area contributed by atoms with Crippen LogP contribution in [-0.4, -0.2) is 22.2 Å². The van der Waals surface area contributed by atoms with Crippen LogP contribution in [-0.2, 0) is 11.3 Å². The van der Waals surface area contributed by atoms with Gasteiger partial charge >= 0.3 is 5.97 Å². The zero-order valence-corrected chi connectivity index (χ0v) is 15.6. The van der Waals surface area contributed by atoms with Crippen LogP contribution in [0.4, 0.5) is 18.9 Å². The number of nitrogens with two attached hydrogens (primary N) is 1. The average Bonchev–Trinajstić information content (AvgIpc) is 2.68. The number of nitrogen functional groups attached to an aromatic ring is 1. The van der Waals surface area contributed by atoms with Gasteiger partial charge in [0.25, 0.3) is 0 Å². The number of esters is 1. The molecule has 9 heteroatoms. The minimum Gasteiger partial charge on any atom is -0.462 e. The van der Waals surface area contributed by atoms with E-state index in [1.54, 1.807) is 6.92 Å². The number of carbonyl (C=O) groups excluding carboxylic acids is 1. The number of rotatable bonds is 4. The van der Waals surface area contributed by atoms with Gasteiger partial charge in [0.2, 0.25) is 5.43 Å². The molecule has 0 spiro atoms. The van der Waals surface area contributed by atoms with E-state index in [0.717, 1.165) is 24.4 Å². The second kappa shape index (κ2) is 7.59. The number of benzene rings is 2. The molecule has 29 heavy (non-hydrogen) atoms. The van der Waals surface area contributed by atoms with E-state index in [0.29, 0.717) is 0 Å². The van der Waals surface area contributed by atoms with Crippen molar-refractivity contribution in [2.45, 2.75) is 20.5 Å². The molecule has 1 aromatic heterocycles. The number of fused-ring (bicyclic) bond motifs is 1. The molecule has 3 N–H and O–H groups in total. The summed E-state index contributed by atoms with van der Waals surface area (Å²) in [4.78, 5) is 25.1. The third kappa shape index (κ3) is 3.33. The second-order valence-electron chi connectivity index (χ2n) is 6.31. The zero-order chi connectivity index (χ0) is 21.5. The molecule has 2 aromatic carbocycles. The van der Waals surface area contributed by atoms with E-state index in [2.05, 4.69) is 0 Å². The Balaban J connectivity index is 2.53. The number of aryl methyl sites for hydroxylation is 1. The molecule has 0 amide bonds. The summed E-state index contributed by atoms with van der Waals surface area (Å²) in [5.41, 5.74) is 3.84. The lowest BCUT2D eigenvalue weighted by atomic mass is 10.0. The number of halogens is 3. The summed E-state index contributed by atoms with van der Waals surface area (Å²) in [6, 6.07) is 2.93. The third-order valence-electron chi connectivity index (χ3n) is 4.55. The van der Waals surface area contributed by atoms with Crippen molar-refractivity contribution in [1.29, 1.82) is 0 Å². The maximum atomic E-state index is 14.2. The van der Waals surface area contributed by atoms with E-state index in [9.17, 15) is 27.9 Å². The number of ether oxygens (including phenoxy) is 1. The summed E-state index contributed by atoms with van der Waals surface area (Å²) in [6.45, 7) is 2.12. The molecule has 3 rings (SSSR count). The molecule has 0 aliphatic carbocycles. The first-order valence-electron chi connectivity index (χ1n) is 8.61. The van der Waals surface area contributed by atoms with Crippen molar-refractivity contribution in [2.75, 3.05) is 12.3 Å². The first kappa shape index (κ1) is 20.4. The molecule has 152 valence electrons. The number of anilines is 1. The number of aromatic nitrogens is 1. The molecule has 6 nitrogen and oxygen atoms in total. The van der Waals surface area contributed by atoms with Crippen LogP contribution in [0.2, 0.25) is 0 Å². The SMILES string of the molecule is CCOC(=O)c1cn(-c2cc(N)c(F)cc2CO)c2cc(F)c(F)c(C)c2c1=O. The molecule has 0 aliphatic rings. The van der Waals surface area contributed by atoms with Crippen molar-refractivity contribution in [3.63, 3.8) is 0 Å². The molecule has 0 fully saturated rings. The molecule has 1 heterocycles. The smallest absolute Gasteiger partial charge is 0.343 e. The maximum Gasteiger partial charge on any atom is 0.343 e. The quantitative estimate of drug-likeness (QED) is 0.513. The fourth-order valence-electron chi connectivity index (χ4n) is 3.13. The number of aliphatic hydroxyl groups excluding tert-OH is 1. The van der Waals surface area contributed by atoms with Crippen molar-refractivity contribution in [1.82, 2.24) is 4.57 Å². The highest BCUT2D eigenvalue weighted by Gasteiger charge is 2.23. The molecule has 0 saturated carbocycles. The van der Waals surface area contributed by atoms with E-state index in [1.807, 2.05) is 0 Å². The van der Waals surface area contributed by atoms with E-state index >= 15 is 0 Å². The molecule has 0 aliphatic heterocycles. The first-order valence-corrected chi connectivity index (χ1v) is 8.61. The van der Waals surface area contributed by atoms with Gasteiger partial charge in [0.05, 0.1) is 35.5 Å². The Morgan fingerprint density at radius 3 is 2.52 bits per heavy atom. The third-order valence-corrected chi connectivity index (χ3v) is 4.55. The Labute approximate surface area is 162 Å². The van der Waals surface area contributed by atoms with Gasteiger partial charge in [-0.05, 0) is 26.0 Å². The van der Waals surface area contributed by atoms with Gasteiger partial charge in [-0.3, -0.25) is 4.79 Å². The van der Waals surface area contributed by atoms with Crippen LogP contribution in [0.25, 0.3) is 16.6 Å². The number of carbonyl (C=O) groups is 1. The highest BCUT2D eigenvalue weighted by atomic mass is 19.2. The summed E-state index contributed by atoms with van der Waals surface area (Å²) < 4.78 is 48.2. The molecular formula is C20H17F3N2O4. The summed E-state index contributed by atoms with van der Waals surface area (Å²) in [7, 11) is 0. The van der Waals surface area contributed by atoms with E-state index in [-0.39, 0.29) is 40.0 Å². The molecule has 0 bridgehead atoms. The Bertz CT molecular complexity index is 1210. The van der Waals surface area contributed by atoms with Crippen LogP contribution >= 0.6 is 0 Å². The van der Waals surface area contributed by atoms with E-state index in [4.69, 9.17) is 10.5 Å². The number of hydrogen-bond acceptors (Lipinski definition) is 5. The normalized spacial score (nSPS) is 11.1. The number of nitrogens with zero attached hydrogens (tertiary/aromatic N) is 1. The lowest BCUT2D eigenvalue weighted by Crippen LogP contribution is -2.22. The molecular weight excluding hydrogens is 389 g/mol. The summed E-state index contributed by atoms with van der Waals surface area (Å²) >= 11 is 0. The average molecular weight is 406 g/mol. The highest BCUT2D eigenvalue weighted by molar-refractivity contribution is 5.95. The van der Waals surface area contributed by atoms with E-state index < -0.39 is 41.0 Å². The minimum absolute atomic E-state index is 0.0154. The molecule has 3 aromatic rings. The van der Waals surface area contributed by atoms with Crippen molar-refractivity contribution >= 4 is 22.6 Å². The summed E-state index contributed by atoms with van der Waals surface area (Å²) in [5, 5.41) is 9.38. The Hall–Kier alpha value is -3.33. The van der Waals surface area contributed by atoms with Crippen molar-refractivity contribution < 1.29 is 27.8 Å². The van der Waals surface area contributed by atoms with Gasteiger partial charge < -0.3 is 20.1 Å². The van der Waals surface area contributed by atoms with Gasteiger partial charge in [0.15, 0.2) is 11.6 Å². The lowest BCUT2D eigenvalue weighted by Gasteiger charge is -2.18. The first-order chi connectivity index (χ1) is 13.7. The van der Waals surface area contributed by atoms with Crippen molar-refractivity contribution in [2.24, 2.45) is 0 Å². The topological polar surface area (TPSA) is 94.6 Å². The van der Waals surface area contributed by atoms with Crippen LogP contribution in [0.1, 0.15) is 28.4 Å². The molecule has 0 unspecified atom stereocenters. The molecule has 0 saturated heterocycles. The van der Waals surface area contributed by atoms with Crippen molar-refractivity contribution in [3.05, 3.63) is 68.8 Å². The fourth-order valence-corrected chi connectivity index (χ4v) is 3.13. The summed E-state index contributed by atoms with van der Waals surface area (Å²) in [5.74, 6) is -4.20. The van der Waals surface area contributed by atoms with Gasteiger partial charge in [0.1, 0.15) is 11.4 Å². The second-order valence-corrected chi connectivity index (χ2v) is 6.31. The van der Waals surface area contributed by atoms with Gasteiger partial charge in [0, 0.05) is 23.4 Å². The zero-order valence-electron chi connectivity index (χ0n) is 15.6. The lowest BCUT2D eigenvalue weighted by molar-refractivity contribution is 0.0524. The Morgan fingerprint density at radius 2 is 1.90 bits per heavy atom. The highest BCUT2D eigenvalue weighted by Crippen LogP contribution is 2.28. The van der Waals surface area contributed by atoms with Gasteiger partial charge in [-0.2, -0.15) is 0 Å². The molecule has 0 atom stereocenters. The van der Waals surface area contributed by atoms with Crippen LogP contribution in [0.15, 0.2) is 29.2 Å². The van der Waals surface area contributed by atoms with Crippen molar-refractivity contribution in [3.8, 4) is 5.69 Å². The van der Waals surface area contributed by atoms with E-state index in [1.165, 1.54) is 11.5 Å². The van der Waals surface area contributed by atoms with Crippen LogP contribution in [0.5, 0.6) is 0 Å². The summed E-state index contributed by atoms with van der Waals surface area (Å²) in [6.07, 6.45) is 1.07. The number of aliphatic hydroxyl groups is 1.